The standard InChI is InChI=1S/C35H39ClN4O10/c1-35(2,3)50-34(47)37-14-27(42)38-19-8-9-22-17(10-19)11-23(39-22)32(46)40-15-18(13-36)28-21-7-5-4-6-20(21)25(12-24(28)40)48-33-31(45)30(44)29(43)26(16-41)49-33/h4-12,18,26,29-31,33,39,41,43-45H,13-16H2,1-3H3,(H,37,47)(H,38,42)/t18?,26?,29-,30-,31?,33+/m0/s1. The third-order valence-corrected chi connectivity index (χ3v) is 8.95. The molecule has 7 N–H and O–H groups in total. The van der Waals surface area contributed by atoms with Crippen LogP contribution < -0.4 is 20.3 Å². The van der Waals surface area contributed by atoms with E-state index in [9.17, 15) is 34.8 Å². The quantitative estimate of drug-likeness (QED) is 0.133. The number of ether oxygens (including phenoxy) is 3. The lowest BCUT2D eigenvalue weighted by Gasteiger charge is -2.39. The minimum atomic E-state index is -1.63. The van der Waals surface area contributed by atoms with Crippen molar-refractivity contribution in [2.75, 3.05) is 35.8 Å². The molecule has 266 valence electrons. The van der Waals surface area contributed by atoms with Crippen molar-refractivity contribution >= 4 is 62.6 Å². The van der Waals surface area contributed by atoms with Crippen LogP contribution in [0.4, 0.5) is 16.2 Å². The Morgan fingerprint density at radius 2 is 1.76 bits per heavy atom. The highest BCUT2D eigenvalue weighted by molar-refractivity contribution is 6.19. The number of amides is 3. The molecule has 3 heterocycles. The minimum absolute atomic E-state index is 0.220. The van der Waals surface area contributed by atoms with Gasteiger partial charge in [0, 0.05) is 46.4 Å². The molecule has 6 rings (SSSR count). The average Bonchev–Trinajstić information content (AvgIpc) is 3.68. The van der Waals surface area contributed by atoms with Gasteiger partial charge < -0.3 is 55.2 Å². The smallest absolute Gasteiger partial charge is 0.408 e. The summed E-state index contributed by atoms with van der Waals surface area (Å²) in [5.41, 5.74) is 2.06. The molecule has 0 saturated carbocycles. The van der Waals surface area contributed by atoms with Gasteiger partial charge in [0.1, 0.15) is 48.0 Å². The van der Waals surface area contributed by atoms with Crippen molar-refractivity contribution in [2.24, 2.45) is 0 Å². The van der Waals surface area contributed by atoms with Crippen molar-refractivity contribution in [3.63, 3.8) is 0 Å². The fourth-order valence-corrected chi connectivity index (χ4v) is 6.51. The Morgan fingerprint density at radius 1 is 1.02 bits per heavy atom. The number of aromatic nitrogens is 1. The second-order valence-electron chi connectivity index (χ2n) is 13.3. The average molecular weight is 711 g/mol. The maximum Gasteiger partial charge on any atom is 0.408 e. The lowest BCUT2D eigenvalue weighted by molar-refractivity contribution is -0.277. The van der Waals surface area contributed by atoms with Crippen molar-refractivity contribution in [3.8, 4) is 5.75 Å². The maximum absolute atomic E-state index is 14.1. The summed E-state index contributed by atoms with van der Waals surface area (Å²) in [6, 6.07) is 15.8. The SMILES string of the molecule is CC(C)(C)OC(=O)NCC(=O)Nc1ccc2[nH]c(C(=O)N3CC(CCl)c4c3cc(O[C@@H]3OC(CO)[C@H](O)[C@H](O)C3O)c3ccccc43)cc2c1. The van der Waals surface area contributed by atoms with Gasteiger partial charge >= 0.3 is 6.09 Å². The Morgan fingerprint density at radius 3 is 2.46 bits per heavy atom. The predicted octanol–water partition coefficient (Wildman–Crippen LogP) is 2.95. The van der Waals surface area contributed by atoms with Crippen LogP contribution in [0.25, 0.3) is 21.7 Å². The second-order valence-corrected chi connectivity index (χ2v) is 13.6. The van der Waals surface area contributed by atoms with E-state index in [2.05, 4.69) is 15.6 Å². The molecule has 3 amide bonds. The van der Waals surface area contributed by atoms with Crippen molar-refractivity contribution in [3.05, 3.63) is 65.9 Å². The topological polar surface area (TPSA) is 203 Å². The Bertz CT molecular complexity index is 1920. The molecule has 4 aromatic rings. The molecule has 0 radical (unpaired) electrons. The fourth-order valence-electron chi connectivity index (χ4n) is 6.26. The van der Waals surface area contributed by atoms with E-state index in [-0.39, 0.29) is 42.2 Å². The maximum atomic E-state index is 14.1. The third-order valence-electron chi connectivity index (χ3n) is 8.58. The van der Waals surface area contributed by atoms with Crippen molar-refractivity contribution < 1.29 is 49.0 Å². The zero-order valence-electron chi connectivity index (χ0n) is 27.6. The molecular weight excluding hydrogens is 672 g/mol. The van der Waals surface area contributed by atoms with E-state index in [4.69, 9.17) is 25.8 Å². The van der Waals surface area contributed by atoms with E-state index in [1.165, 1.54) is 0 Å². The minimum Gasteiger partial charge on any atom is -0.461 e. The van der Waals surface area contributed by atoms with Crippen molar-refractivity contribution in [2.45, 2.75) is 63.0 Å². The first-order chi connectivity index (χ1) is 23.8. The molecular formula is C35H39ClN4O10. The summed E-state index contributed by atoms with van der Waals surface area (Å²) in [5, 5.41) is 48.1. The molecule has 1 saturated heterocycles. The molecule has 1 aromatic heterocycles. The van der Waals surface area contributed by atoms with Gasteiger partial charge in [0.2, 0.25) is 12.2 Å². The number of benzene rings is 3. The Labute approximate surface area is 291 Å². The number of fused-ring (bicyclic) bond motifs is 4. The normalized spacial score (nSPS) is 23.5. The summed E-state index contributed by atoms with van der Waals surface area (Å²) in [6.07, 6.45) is -8.11. The summed E-state index contributed by atoms with van der Waals surface area (Å²) < 4.78 is 16.9. The number of alkyl carbamates (subject to hydrolysis) is 1. The number of aromatic amines is 1. The highest BCUT2D eigenvalue weighted by atomic mass is 35.5. The van der Waals surface area contributed by atoms with Gasteiger partial charge in [0.15, 0.2) is 0 Å². The van der Waals surface area contributed by atoms with Gasteiger partial charge in [-0.05, 0) is 56.0 Å². The number of alkyl halides is 1. The van der Waals surface area contributed by atoms with Crippen LogP contribution in [-0.2, 0) is 14.3 Å². The second kappa shape index (κ2) is 14.1. The fraction of sp³-hybridized carbons (Fsp3) is 0.400. The van der Waals surface area contributed by atoms with Gasteiger partial charge in [0.05, 0.1) is 12.3 Å². The number of carbonyl (C=O) groups excluding carboxylic acids is 3. The molecule has 15 heteroatoms. The number of hydrogen-bond donors (Lipinski definition) is 7. The number of nitrogens with one attached hydrogen (secondary N) is 3. The molecule has 6 atom stereocenters. The van der Waals surface area contributed by atoms with E-state index in [1.54, 1.807) is 62.1 Å². The Balaban J connectivity index is 1.26. The van der Waals surface area contributed by atoms with Gasteiger partial charge in [-0.15, -0.1) is 11.6 Å². The van der Waals surface area contributed by atoms with Crippen LogP contribution in [0, 0.1) is 0 Å². The zero-order valence-corrected chi connectivity index (χ0v) is 28.3. The number of carbonyl (C=O) groups is 3. The van der Waals surface area contributed by atoms with E-state index in [0.717, 1.165) is 10.9 Å². The molecule has 1 fully saturated rings. The van der Waals surface area contributed by atoms with Crippen LogP contribution in [0.15, 0.2) is 54.6 Å². The van der Waals surface area contributed by atoms with Gasteiger partial charge in [-0.3, -0.25) is 9.59 Å². The van der Waals surface area contributed by atoms with Crippen LogP contribution in [0.3, 0.4) is 0 Å². The summed E-state index contributed by atoms with van der Waals surface area (Å²) in [5.74, 6) is -0.558. The summed E-state index contributed by atoms with van der Waals surface area (Å²) in [4.78, 5) is 43.3. The number of aliphatic hydroxyl groups is 4. The van der Waals surface area contributed by atoms with E-state index < -0.39 is 54.9 Å². The van der Waals surface area contributed by atoms with Gasteiger partial charge in [-0.1, -0.05) is 24.3 Å². The number of nitrogens with zero attached hydrogens (tertiary/aromatic N) is 1. The first-order valence-corrected chi connectivity index (χ1v) is 16.6. The van der Waals surface area contributed by atoms with Crippen molar-refractivity contribution in [1.29, 1.82) is 0 Å². The number of rotatable bonds is 8. The van der Waals surface area contributed by atoms with E-state index >= 15 is 0 Å². The van der Waals surface area contributed by atoms with Crippen LogP contribution in [0.5, 0.6) is 5.75 Å². The Kier molecular flexibility index (Phi) is 9.95. The van der Waals surface area contributed by atoms with Crippen LogP contribution in [0.1, 0.15) is 42.7 Å². The lowest BCUT2D eigenvalue weighted by Crippen LogP contribution is -2.60. The molecule has 3 unspecified atom stereocenters. The molecule has 0 bridgehead atoms. The molecule has 50 heavy (non-hydrogen) atoms. The van der Waals surface area contributed by atoms with Gasteiger partial charge in [-0.2, -0.15) is 0 Å². The number of aliphatic hydroxyl groups excluding tert-OH is 4. The number of halogens is 1. The van der Waals surface area contributed by atoms with Crippen LogP contribution in [-0.4, -0.2) is 105 Å². The molecule has 0 spiro atoms. The molecule has 0 aliphatic carbocycles. The first kappa shape index (κ1) is 35.4. The van der Waals surface area contributed by atoms with Gasteiger partial charge in [-0.25, -0.2) is 4.79 Å². The largest absolute Gasteiger partial charge is 0.461 e. The zero-order chi connectivity index (χ0) is 35.9. The summed E-state index contributed by atoms with van der Waals surface area (Å²) >= 11 is 6.45. The number of hydrogen-bond acceptors (Lipinski definition) is 10. The number of H-pyrrole nitrogens is 1. The summed E-state index contributed by atoms with van der Waals surface area (Å²) in [6.45, 7) is 4.52. The predicted molar refractivity (Wildman–Crippen MR) is 185 cm³/mol. The first-order valence-electron chi connectivity index (χ1n) is 16.1. The lowest BCUT2D eigenvalue weighted by atomic mass is 9.95. The molecule has 2 aliphatic rings. The molecule has 3 aromatic carbocycles. The van der Waals surface area contributed by atoms with E-state index in [0.29, 0.717) is 27.7 Å². The highest BCUT2D eigenvalue weighted by Crippen LogP contribution is 2.46. The van der Waals surface area contributed by atoms with Crippen LogP contribution >= 0.6 is 11.6 Å². The van der Waals surface area contributed by atoms with Gasteiger partial charge in [0.25, 0.3) is 5.91 Å². The summed E-state index contributed by atoms with van der Waals surface area (Å²) in [7, 11) is 0. The Hall–Kier alpha value is -4.44. The molecule has 14 nitrogen and oxygen atoms in total. The monoisotopic (exact) mass is 710 g/mol. The number of anilines is 2. The van der Waals surface area contributed by atoms with E-state index in [1.807, 2.05) is 18.2 Å². The third kappa shape index (κ3) is 7.08. The highest BCUT2D eigenvalue weighted by Gasteiger charge is 2.45. The van der Waals surface area contributed by atoms with Crippen molar-refractivity contribution in [1.82, 2.24) is 10.3 Å². The van der Waals surface area contributed by atoms with Crippen LogP contribution in [0.2, 0.25) is 0 Å². The molecule has 2 aliphatic heterocycles.